The molecule has 2 atom stereocenters. The minimum atomic E-state index is -1.04. The molecule has 1 saturated carbocycles. The molecule has 0 aromatic heterocycles. The van der Waals surface area contributed by atoms with E-state index in [0.717, 1.165) is 32.1 Å². The zero-order valence-electron chi connectivity index (χ0n) is 12.6. The second kappa shape index (κ2) is 7.85. The summed E-state index contributed by atoms with van der Waals surface area (Å²) in [5, 5.41) is 14.2. The van der Waals surface area contributed by atoms with E-state index in [1.165, 1.54) is 0 Å². The maximum Gasteiger partial charge on any atom is 0.326 e. The van der Waals surface area contributed by atoms with Crippen LogP contribution in [0.2, 0.25) is 0 Å². The minimum Gasteiger partial charge on any atom is -0.480 e. The van der Waals surface area contributed by atoms with Gasteiger partial charge in [-0.05, 0) is 24.7 Å². The fraction of sp³-hybridized carbons (Fsp3) is 0.786. The van der Waals surface area contributed by atoms with Crippen molar-refractivity contribution in [3.8, 4) is 0 Å². The molecule has 0 aromatic rings. The number of carboxylic acid groups (broad SMARTS) is 1. The van der Waals surface area contributed by atoms with Gasteiger partial charge in [-0.15, -0.1) is 0 Å². The third-order valence-corrected chi connectivity index (χ3v) is 3.93. The number of carbonyl (C=O) groups is 3. The average Bonchev–Trinajstić information content (AvgIpc) is 2.42. The summed E-state index contributed by atoms with van der Waals surface area (Å²) in [6, 6.07) is -2.40. The Bertz CT molecular complexity index is 392. The minimum absolute atomic E-state index is 0.0620. The van der Waals surface area contributed by atoms with Gasteiger partial charge in [0.2, 0.25) is 5.91 Å². The molecule has 0 bridgehead atoms. The fourth-order valence-corrected chi connectivity index (χ4v) is 2.74. The summed E-state index contributed by atoms with van der Waals surface area (Å²) in [5.41, 5.74) is 5.22. The largest absolute Gasteiger partial charge is 0.480 e. The van der Waals surface area contributed by atoms with Crippen LogP contribution in [0.15, 0.2) is 0 Å². The molecule has 0 aliphatic heterocycles. The van der Waals surface area contributed by atoms with Crippen molar-refractivity contribution < 1.29 is 19.5 Å². The summed E-state index contributed by atoms with van der Waals surface area (Å²) in [7, 11) is 0. The first-order valence-electron chi connectivity index (χ1n) is 7.42. The third-order valence-electron chi connectivity index (χ3n) is 3.93. The number of carboxylic acids is 1. The molecule has 1 fully saturated rings. The van der Waals surface area contributed by atoms with Crippen molar-refractivity contribution in [3.63, 3.8) is 0 Å². The van der Waals surface area contributed by atoms with Crippen LogP contribution in [-0.4, -0.2) is 35.1 Å². The predicted octanol–water partition coefficient (Wildman–Crippen LogP) is 0.829. The first-order valence-corrected chi connectivity index (χ1v) is 7.42. The van der Waals surface area contributed by atoms with Gasteiger partial charge in [-0.2, -0.15) is 0 Å². The van der Waals surface area contributed by atoms with E-state index >= 15 is 0 Å². The fourth-order valence-electron chi connectivity index (χ4n) is 2.74. The molecule has 0 radical (unpaired) electrons. The first-order chi connectivity index (χ1) is 9.82. The van der Waals surface area contributed by atoms with E-state index < -0.39 is 30.0 Å². The van der Waals surface area contributed by atoms with Crippen molar-refractivity contribution in [2.24, 2.45) is 17.6 Å². The molecule has 2 unspecified atom stereocenters. The Morgan fingerprint density at radius 1 is 1.10 bits per heavy atom. The summed E-state index contributed by atoms with van der Waals surface area (Å²) in [5.74, 6) is -1.90. The number of hydrogen-bond donors (Lipinski definition) is 4. The van der Waals surface area contributed by atoms with Gasteiger partial charge in [-0.1, -0.05) is 33.1 Å². The second-order valence-electron chi connectivity index (χ2n) is 5.96. The Kier molecular flexibility index (Phi) is 6.45. The number of amides is 3. The maximum absolute atomic E-state index is 11.9. The second-order valence-corrected chi connectivity index (χ2v) is 5.96. The average molecular weight is 299 g/mol. The van der Waals surface area contributed by atoms with Crippen LogP contribution < -0.4 is 16.4 Å². The number of carbonyl (C=O) groups excluding carboxylic acids is 2. The Hall–Kier alpha value is -1.79. The smallest absolute Gasteiger partial charge is 0.326 e. The van der Waals surface area contributed by atoms with Crippen molar-refractivity contribution in [3.05, 3.63) is 0 Å². The SMILES string of the molecule is CC(C)C(NC(=O)NC(C(=O)O)C1CCCCC1)C(N)=O. The highest BCUT2D eigenvalue weighted by Crippen LogP contribution is 2.26. The predicted molar refractivity (Wildman–Crippen MR) is 77.5 cm³/mol. The maximum atomic E-state index is 11.9. The van der Waals surface area contributed by atoms with Gasteiger partial charge in [-0.25, -0.2) is 9.59 Å². The van der Waals surface area contributed by atoms with Gasteiger partial charge in [0.05, 0.1) is 0 Å². The normalized spacial score (nSPS) is 18.8. The molecular formula is C14H25N3O4. The van der Waals surface area contributed by atoms with E-state index in [1.807, 2.05) is 0 Å². The highest BCUT2D eigenvalue weighted by atomic mass is 16.4. The van der Waals surface area contributed by atoms with Gasteiger partial charge in [0, 0.05) is 0 Å². The lowest BCUT2D eigenvalue weighted by Gasteiger charge is -2.29. The van der Waals surface area contributed by atoms with Gasteiger partial charge < -0.3 is 21.5 Å². The zero-order chi connectivity index (χ0) is 16.0. The highest BCUT2D eigenvalue weighted by Gasteiger charge is 2.31. The van der Waals surface area contributed by atoms with Crippen LogP contribution in [-0.2, 0) is 9.59 Å². The Morgan fingerprint density at radius 2 is 1.67 bits per heavy atom. The van der Waals surface area contributed by atoms with Crippen LogP contribution in [0.4, 0.5) is 4.79 Å². The van der Waals surface area contributed by atoms with Crippen molar-refractivity contribution in [1.82, 2.24) is 10.6 Å². The quantitative estimate of drug-likeness (QED) is 0.580. The van der Waals surface area contributed by atoms with Crippen LogP contribution in [0.5, 0.6) is 0 Å². The van der Waals surface area contributed by atoms with Crippen molar-refractivity contribution in [1.29, 1.82) is 0 Å². The molecule has 0 aromatic carbocycles. The number of nitrogens with one attached hydrogen (secondary N) is 2. The van der Waals surface area contributed by atoms with E-state index in [-0.39, 0.29) is 11.8 Å². The molecule has 1 aliphatic carbocycles. The van der Waals surface area contributed by atoms with Crippen molar-refractivity contribution >= 4 is 17.9 Å². The highest BCUT2D eigenvalue weighted by molar-refractivity contribution is 5.88. The number of primary amides is 1. The molecule has 21 heavy (non-hydrogen) atoms. The lowest BCUT2D eigenvalue weighted by molar-refractivity contribution is -0.141. The molecule has 1 rings (SSSR count). The Labute approximate surface area is 124 Å². The molecular weight excluding hydrogens is 274 g/mol. The van der Waals surface area contributed by atoms with E-state index in [2.05, 4.69) is 10.6 Å². The standard InChI is InChI=1S/C14H25N3O4/c1-8(2)10(12(15)18)16-14(21)17-11(13(19)20)9-6-4-3-5-7-9/h8-11H,3-7H2,1-2H3,(H2,15,18)(H,19,20)(H2,16,17,21). The van der Waals surface area contributed by atoms with Crippen LogP contribution in [0.25, 0.3) is 0 Å². The number of nitrogens with two attached hydrogens (primary N) is 1. The van der Waals surface area contributed by atoms with Gasteiger partial charge in [0.1, 0.15) is 12.1 Å². The molecule has 7 nitrogen and oxygen atoms in total. The van der Waals surface area contributed by atoms with Crippen LogP contribution in [0.3, 0.4) is 0 Å². The summed E-state index contributed by atoms with van der Waals surface area (Å²) in [6.45, 7) is 3.51. The molecule has 0 spiro atoms. The Morgan fingerprint density at radius 3 is 2.10 bits per heavy atom. The van der Waals surface area contributed by atoms with E-state index in [1.54, 1.807) is 13.8 Å². The van der Waals surface area contributed by atoms with E-state index in [4.69, 9.17) is 5.73 Å². The van der Waals surface area contributed by atoms with Gasteiger partial charge >= 0.3 is 12.0 Å². The molecule has 5 N–H and O–H groups in total. The zero-order valence-corrected chi connectivity index (χ0v) is 12.6. The summed E-state index contributed by atoms with van der Waals surface area (Å²) in [6.07, 6.45) is 4.65. The topological polar surface area (TPSA) is 122 Å². The molecule has 3 amide bonds. The van der Waals surface area contributed by atoms with Crippen LogP contribution in [0, 0.1) is 11.8 Å². The van der Waals surface area contributed by atoms with Gasteiger partial charge in [-0.3, -0.25) is 4.79 Å². The van der Waals surface area contributed by atoms with Crippen molar-refractivity contribution in [2.45, 2.75) is 58.0 Å². The Balaban J connectivity index is 2.63. The summed E-state index contributed by atoms with van der Waals surface area (Å²) in [4.78, 5) is 34.5. The van der Waals surface area contributed by atoms with Crippen LogP contribution in [0.1, 0.15) is 46.0 Å². The molecule has 7 heteroatoms. The monoisotopic (exact) mass is 299 g/mol. The number of rotatable bonds is 6. The molecule has 120 valence electrons. The van der Waals surface area contributed by atoms with Gasteiger partial charge in [0.15, 0.2) is 0 Å². The summed E-state index contributed by atoms with van der Waals surface area (Å²) >= 11 is 0. The van der Waals surface area contributed by atoms with Gasteiger partial charge in [0.25, 0.3) is 0 Å². The molecule has 1 aliphatic rings. The van der Waals surface area contributed by atoms with E-state index in [9.17, 15) is 19.5 Å². The summed E-state index contributed by atoms with van der Waals surface area (Å²) < 4.78 is 0. The first kappa shape index (κ1) is 17.3. The number of hydrogen-bond acceptors (Lipinski definition) is 3. The number of aliphatic carboxylic acids is 1. The molecule has 0 saturated heterocycles. The van der Waals surface area contributed by atoms with Crippen molar-refractivity contribution in [2.75, 3.05) is 0 Å². The third kappa shape index (κ3) is 5.24. The number of urea groups is 1. The lowest BCUT2D eigenvalue weighted by Crippen LogP contribution is -2.55. The lowest BCUT2D eigenvalue weighted by atomic mass is 9.84. The molecule has 0 heterocycles. The van der Waals surface area contributed by atoms with E-state index in [0.29, 0.717) is 0 Å². The van der Waals surface area contributed by atoms with Crippen LogP contribution >= 0.6 is 0 Å².